The lowest BCUT2D eigenvalue weighted by atomic mass is 10.1. The monoisotopic (exact) mass is 528 g/mol. The maximum absolute atomic E-state index is 12.5. The Bertz CT molecular complexity index is 1360. The first kappa shape index (κ1) is 26.8. The van der Waals surface area contributed by atoms with E-state index in [1.165, 1.54) is 42.5 Å². The number of guanidine groups is 1. The number of aryl methyl sites for hydroxylation is 2. The molecule has 10 nitrogen and oxygen atoms in total. The zero-order chi connectivity index (χ0) is 26.3. The van der Waals surface area contributed by atoms with Gasteiger partial charge in [0.15, 0.2) is 20.9 Å². The Kier molecular flexibility index (Phi) is 8.78. The molecule has 0 unspecified atom stereocenters. The third-order valence-electron chi connectivity index (χ3n) is 5.09. The smallest absolute Gasteiger partial charge is 0.251 e. The predicted octanol–water partition coefficient (Wildman–Crippen LogP) is 2.17. The molecule has 6 N–H and O–H groups in total. The standard InChI is InChI=1S/C24H28N6O4S2/c1-15(31)28-24-30-20(12-5-16-3-8-18(9-4-16)29-23(25)26)21(35-24)13-14-27-22(32)17-6-10-19(11-7-17)36(2,33)34/h3-4,6-11H,5,12-14H2,1-2H3,(H,27,32)(H4,25,26,29)(H,28,30,31). The third-order valence-corrected chi connectivity index (χ3v) is 7.29. The highest BCUT2D eigenvalue weighted by molar-refractivity contribution is 7.90. The first-order valence-electron chi connectivity index (χ1n) is 11.0. The topological polar surface area (TPSA) is 170 Å². The molecule has 0 aliphatic carbocycles. The van der Waals surface area contributed by atoms with E-state index in [1.807, 2.05) is 24.3 Å². The van der Waals surface area contributed by atoms with Gasteiger partial charge in [-0.1, -0.05) is 12.1 Å². The molecule has 3 rings (SSSR count). The normalized spacial score (nSPS) is 11.1. The lowest BCUT2D eigenvalue weighted by molar-refractivity contribution is -0.114. The largest absolute Gasteiger partial charge is 0.370 e. The number of aromatic nitrogens is 1. The zero-order valence-corrected chi connectivity index (χ0v) is 21.6. The molecule has 0 saturated heterocycles. The van der Waals surface area contributed by atoms with E-state index in [4.69, 9.17) is 11.5 Å². The lowest BCUT2D eigenvalue weighted by Crippen LogP contribution is -2.25. The van der Waals surface area contributed by atoms with E-state index in [-0.39, 0.29) is 22.7 Å². The minimum absolute atomic E-state index is 0.00150. The van der Waals surface area contributed by atoms with Gasteiger partial charge in [-0.3, -0.25) is 9.59 Å². The van der Waals surface area contributed by atoms with Crippen molar-refractivity contribution in [1.82, 2.24) is 10.3 Å². The number of thiazole rings is 1. The molecule has 0 spiro atoms. The summed E-state index contributed by atoms with van der Waals surface area (Å²) in [6, 6.07) is 13.3. The molecule has 0 radical (unpaired) electrons. The fraction of sp³-hybridized carbons (Fsp3) is 0.250. The van der Waals surface area contributed by atoms with E-state index in [0.717, 1.165) is 28.8 Å². The minimum Gasteiger partial charge on any atom is -0.370 e. The van der Waals surface area contributed by atoms with E-state index in [0.29, 0.717) is 35.8 Å². The second kappa shape index (κ2) is 11.8. The summed E-state index contributed by atoms with van der Waals surface area (Å²) < 4.78 is 23.2. The average Bonchev–Trinajstić information content (AvgIpc) is 3.18. The molecule has 0 aliphatic rings. The molecule has 36 heavy (non-hydrogen) atoms. The number of nitrogens with zero attached hydrogens (tertiary/aromatic N) is 2. The maximum atomic E-state index is 12.5. The second-order valence-electron chi connectivity index (χ2n) is 8.08. The zero-order valence-electron chi connectivity index (χ0n) is 19.9. The van der Waals surface area contributed by atoms with Crippen LogP contribution in [0.2, 0.25) is 0 Å². The number of rotatable bonds is 10. The summed E-state index contributed by atoms with van der Waals surface area (Å²) in [7, 11) is -3.33. The van der Waals surface area contributed by atoms with Crippen molar-refractivity contribution in [2.24, 2.45) is 16.5 Å². The maximum Gasteiger partial charge on any atom is 0.251 e. The van der Waals surface area contributed by atoms with Crippen LogP contribution in [0.15, 0.2) is 58.4 Å². The molecule has 0 bridgehead atoms. The summed E-state index contributed by atoms with van der Waals surface area (Å²) in [5.74, 6) is -0.509. The molecular formula is C24H28N6O4S2. The van der Waals surface area contributed by atoms with Gasteiger partial charge in [-0.2, -0.15) is 0 Å². The summed E-state index contributed by atoms with van der Waals surface area (Å²) in [6.45, 7) is 1.78. The van der Waals surface area contributed by atoms with Crippen molar-refractivity contribution in [2.45, 2.75) is 31.1 Å². The van der Waals surface area contributed by atoms with E-state index >= 15 is 0 Å². The molecule has 0 atom stereocenters. The first-order chi connectivity index (χ1) is 17.0. The summed E-state index contributed by atoms with van der Waals surface area (Å²) in [5, 5.41) is 6.09. The number of aliphatic imine (C=N–C) groups is 1. The van der Waals surface area contributed by atoms with Gasteiger partial charge in [-0.05, 0) is 54.8 Å². The van der Waals surface area contributed by atoms with Gasteiger partial charge in [0.05, 0.1) is 16.3 Å². The fourth-order valence-electron chi connectivity index (χ4n) is 3.37. The Labute approximate surface area is 213 Å². The Morgan fingerprint density at radius 3 is 2.25 bits per heavy atom. The van der Waals surface area contributed by atoms with Crippen LogP contribution in [-0.2, 0) is 33.9 Å². The van der Waals surface area contributed by atoms with Crippen molar-refractivity contribution >= 4 is 49.8 Å². The molecule has 190 valence electrons. The molecule has 0 fully saturated rings. The number of nitrogens with two attached hydrogens (primary N) is 2. The number of nitrogens with one attached hydrogen (secondary N) is 2. The molecule has 0 saturated carbocycles. The number of hydrogen-bond acceptors (Lipinski definition) is 7. The van der Waals surface area contributed by atoms with Crippen molar-refractivity contribution in [3.63, 3.8) is 0 Å². The van der Waals surface area contributed by atoms with Crippen molar-refractivity contribution in [1.29, 1.82) is 0 Å². The van der Waals surface area contributed by atoms with Crippen LogP contribution in [0, 0.1) is 0 Å². The van der Waals surface area contributed by atoms with Crippen molar-refractivity contribution < 1.29 is 18.0 Å². The molecular weight excluding hydrogens is 500 g/mol. The highest BCUT2D eigenvalue weighted by atomic mass is 32.2. The number of amides is 2. The molecule has 1 heterocycles. The van der Waals surface area contributed by atoms with Crippen LogP contribution in [0.3, 0.4) is 0 Å². The Morgan fingerprint density at radius 1 is 1.00 bits per heavy atom. The second-order valence-corrected chi connectivity index (χ2v) is 11.2. The highest BCUT2D eigenvalue weighted by Gasteiger charge is 2.14. The van der Waals surface area contributed by atoms with Crippen LogP contribution in [0.25, 0.3) is 0 Å². The molecule has 2 amide bonds. The Hall–Kier alpha value is -3.77. The van der Waals surface area contributed by atoms with Crippen LogP contribution in [0.1, 0.15) is 33.4 Å². The molecule has 1 aromatic heterocycles. The highest BCUT2D eigenvalue weighted by Crippen LogP contribution is 2.25. The van der Waals surface area contributed by atoms with Crippen molar-refractivity contribution in [2.75, 3.05) is 18.1 Å². The van der Waals surface area contributed by atoms with Crippen LogP contribution in [0.4, 0.5) is 10.8 Å². The van der Waals surface area contributed by atoms with Gasteiger partial charge in [-0.15, -0.1) is 11.3 Å². The summed E-state index contributed by atoms with van der Waals surface area (Å²) >= 11 is 1.38. The van der Waals surface area contributed by atoms with Gasteiger partial charge in [0, 0.05) is 36.6 Å². The SMILES string of the molecule is CC(=O)Nc1nc(CCc2ccc(N=C(N)N)cc2)c(CCNC(=O)c2ccc(S(C)(=O)=O)cc2)s1. The van der Waals surface area contributed by atoms with Crippen molar-refractivity contribution in [3.05, 3.63) is 70.2 Å². The van der Waals surface area contributed by atoms with Crippen LogP contribution in [0.5, 0.6) is 0 Å². The number of carbonyl (C=O) groups excluding carboxylic acids is 2. The van der Waals surface area contributed by atoms with Crippen LogP contribution < -0.4 is 22.1 Å². The van der Waals surface area contributed by atoms with Crippen LogP contribution >= 0.6 is 11.3 Å². The van der Waals surface area contributed by atoms with Crippen LogP contribution in [-0.4, -0.2) is 44.0 Å². The average molecular weight is 529 g/mol. The number of anilines is 1. The first-order valence-corrected chi connectivity index (χ1v) is 13.7. The van der Waals surface area contributed by atoms with Gasteiger partial charge in [0.25, 0.3) is 5.91 Å². The van der Waals surface area contributed by atoms with Gasteiger partial charge in [0.1, 0.15) is 0 Å². The van der Waals surface area contributed by atoms with E-state index in [2.05, 4.69) is 20.6 Å². The van der Waals surface area contributed by atoms with Crippen molar-refractivity contribution in [3.8, 4) is 0 Å². The lowest BCUT2D eigenvalue weighted by Gasteiger charge is -2.07. The molecule has 3 aromatic rings. The Morgan fingerprint density at radius 2 is 1.67 bits per heavy atom. The van der Waals surface area contributed by atoms with E-state index < -0.39 is 9.84 Å². The number of carbonyl (C=O) groups is 2. The quantitative estimate of drug-likeness (QED) is 0.231. The van der Waals surface area contributed by atoms with E-state index in [1.54, 1.807) is 0 Å². The molecule has 12 heteroatoms. The Balaban J connectivity index is 1.63. The summed E-state index contributed by atoms with van der Waals surface area (Å²) in [6.07, 6.45) is 3.01. The van der Waals surface area contributed by atoms with Gasteiger partial charge < -0.3 is 22.1 Å². The fourth-order valence-corrected chi connectivity index (χ4v) is 5.06. The van der Waals surface area contributed by atoms with Gasteiger partial charge in [-0.25, -0.2) is 18.4 Å². The minimum atomic E-state index is -3.33. The number of benzene rings is 2. The predicted molar refractivity (Wildman–Crippen MR) is 141 cm³/mol. The number of hydrogen-bond donors (Lipinski definition) is 4. The molecule has 0 aliphatic heterocycles. The summed E-state index contributed by atoms with van der Waals surface area (Å²) in [4.78, 5) is 33.7. The third kappa shape index (κ3) is 7.89. The van der Waals surface area contributed by atoms with E-state index in [9.17, 15) is 18.0 Å². The van der Waals surface area contributed by atoms with Gasteiger partial charge >= 0.3 is 0 Å². The van der Waals surface area contributed by atoms with Gasteiger partial charge in [0.2, 0.25) is 5.91 Å². The number of sulfone groups is 1. The summed E-state index contributed by atoms with van der Waals surface area (Å²) in [5.41, 5.74) is 13.8. The molecule has 2 aromatic carbocycles.